The number of aldehydes is 1. The molecule has 1 heterocycles. The van der Waals surface area contributed by atoms with Gasteiger partial charge < -0.3 is 4.74 Å². The molecule has 91 valence electrons. The zero-order chi connectivity index (χ0) is 13.0. The van der Waals surface area contributed by atoms with Crippen LogP contribution in [0.2, 0.25) is 0 Å². The van der Waals surface area contributed by atoms with E-state index in [4.69, 9.17) is 4.74 Å². The zero-order valence-electron chi connectivity index (χ0n) is 9.70. The second-order valence-electron chi connectivity index (χ2n) is 3.72. The summed E-state index contributed by atoms with van der Waals surface area (Å²) in [5.74, 6) is -0.303. The predicted molar refractivity (Wildman–Crippen MR) is 66.3 cm³/mol. The van der Waals surface area contributed by atoms with Gasteiger partial charge in [0.2, 0.25) is 0 Å². The number of hydrogen-bond acceptors (Lipinski definition) is 3. The van der Waals surface area contributed by atoms with Gasteiger partial charge in [-0.15, -0.1) is 0 Å². The summed E-state index contributed by atoms with van der Waals surface area (Å²) in [6.07, 6.45) is 5.17. The molecule has 0 aliphatic carbocycles. The molecular weight excluding hydrogens is 230 g/mol. The first-order chi connectivity index (χ1) is 8.74. The fourth-order valence-corrected chi connectivity index (χ4v) is 1.63. The maximum Gasteiger partial charge on any atom is 0.261 e. The quantitative estimate of drug-likeness (QED) is 0.744. The highest BCUT2D eigenvalue weighted by Gasteiger charge is 2.21. The third-order valence-corrected chi connectivity index (χ3v) is 2.57. The van der Waals surface area contributed by atoms with E-state index in [1.54, 1.807) is 30.3 Å². The van der Waals surface area contributed by atoms with Crippen molar-refractivity contribution in [3.05, 3.63) is 66.4 Å². The van der Waals surface area contributed by atoms with E-state index >= 15 is 0 Å². The van der Waals surface area contributed by atoms with E-state index in [0.717, 1.165) is 0 Å². The summed E-state index contributed by atoms with van der Waals surface area (Å²) in [4.78, 5) is 24.6. The molecule has 0 spiro atoms. The van der Waals surface area contributed by atoms with Gasteiger partial charge in [-0.2, -0.15) is 0 Å². The van der Waals surface area contributed by atoms with Crippen LogP contribution in [-0.4, -0.2) is 23.8 Å². The fourth-order valence-electron chi connectivity index (χ4n) is 1.63. The number of ether oxygens (including phenoxy) is 1. The van der Waals surface area contributed by atoms with Crippen LogP contribution in [-0.2, 0) is 9.53 Å². The molecule has 0 bridgehead atoms. The van der Waals surface area contributed by atoms with Crippen molar-refractivity contribution in [2.75, 3.05) is 6.73 Å². The van der Waals surface area contributed by atoms with E-state index in [9.17, 15) is 9.59 Å². The molecule has 4 nitrogen and oxygen atoms in total. The molecule has 0 N–H and O–H groups in total. The Balaban J connectivity index is 2.33. The van der Waals surface area contributed by atoms with Crippen molar-refractivity contribution in [3.63, 3.8) is 0 Å². The lowest BCUT2D eigenvalue weighted by molar-refractivity contribution is -0.106. The number of carbonyl (C=O) groups is 2. The molecule has 1 aliphatic heterocycles. The lowest BCUT2D eigenvalue weighted by Crippen LogP contribution is -2.32. The first kappa shape index (κ1) is 12.1. The fraction of sp³-hybridized carbons (Fsp3) is 0.0714. The third-order valence-electron chi connectivity index (χ3n) is 2.57. The minimum atomic E-state index is -0.303. The molecule has 0 fully saturated rings. The van der Waals surface area contributed by atoms with Crippen molar-refractivity contribution in [1.82, 2.24) is 4.90 Å². The summed E-state index contributed by atoms with van der Waals surface area (Å²) < 4.78 is 5.11. The normalized spacial score (nSPS) is 14.5. The monoisotopic (exact) mass is 242 g/mol. The molecule has 1 aromatic carbocycles. The molecule has 0 saturated heterocycles. The zero-order valence-corrected chi connectivity index (χ0v) is 9.70. The van der Waals surface area contributed by atoms with Crippen LogP contribution in [0.4, 0.5) is 0 Å². The van der Waals surface area contributed by atoms with Crippen molar-refractivity contribution < 1.29 is 14.3 Å². The van der Waals surface area contributed by atoms with Crippen LogP contribution in [0.3, 0.4) is 0 Å². The standard InChI is InChI=1S/C14H12NO3/c1-11-5-2-3-7-13(11)14(17)15-10-18-8-4-6-12(15)9-16/h2-9H,1,10H2. The maximum absolute atomic E-state index is 12.3. The van der Waals surface area contributed by atoms with E-state index < -0.39 is 0 Å². The van der Waals surface area contributed by atoms with Gasteiger partial charge in [0.15, 0.2) is 13.0 Å². The number of carbonyl (C=O) groups excluding carboxylic acids is 2. The second kappa shape index (κ2) is 5.31. The molecule has 1 aliphatic rings. The van der Waals surface area contributed by atoms with E-state index in [2.05, 4.69) is 6.92 Å². The lowest BCUT2D eigenvalue weighted by atomic mass is 10.1. The highest BCUT2D eigenvalue weighted by atomic mass is 16.5. The summed E-state index contributed by atoms with van der Waals surface area (Å²) in [6, 6.07) is 6.97. The van der Waals surface area contributed by atoms with Crippen LogP contribution < -0.4 is 0 Å². The SMILES string of the molecule is [CH2]c1ccccc1C(=O)N1COC=CC=C1C=O. The lowest BCUT2D eigenvalue weighted by Gasteiger charge is -2.21. The average molecular weight is 242 g/mol. The Bertz CT molecular complexity index is 532. The Kier molecular flexibility index (Phi) is 3.57. The van der Waals surface area contributed by atoms with Gasteiger partial charge in [0.05, 0.1) is 12.0 Å². The summed E-state index contributed by atoms with van der Waals surface area (Å²) in [7, 11) is 0. The van der Waals surface area contributed by atoms with Gasteiger partial charge in [-0.25, -0.2) is 0 Å². The van der Waals surface area contributed by atoms with Gasteiger partial charge >= 0.3 is 0 Å². The first-order valence-corrected chi connectivity index (χ1v) is 5.40. The van der Waals surface area contributed by atoms with E-state index in [0.29, 0.717) is 17.4 Å². The highest BCUT2D eigenvalue weighted by molar-refractivity contribution is 5.99. The summed E-state index contributed by atoms with van der Waals surface area (Å²) in [5, 5.41) is 0. The van der Waals surface area contributed by atoms with Crippen LogP contribution in [0.1, 0.15) is 15.9 Å². The van der Waals surface area contributed by atoms with Crippen molar-refractivity contribution in [1.29, 1.82) is 0 Å². The van der Waals surface area contributed by atoms with Gasteiger partial charge in [-0.05, 0) is 30.7 Å². The second-order valence-corrected chi connectivity index (χ2v) is 3.72. The first-order valence-electron chi connectivity index (χ1n) is 5.40. The van der Waals surface area contributed by atoms with Gasteiger partial charge in [0, 0.05) is 5.56 Å². The van der Waals surface area contributed by atoms with Crippen LogP contribution in [0.15, 0.2) is 48.4 Å². The van der Waals surface area contributed by atoms with E-state index in [1.807, 2.05) is 0 Å². The van der Waals surface area contributed by atoms with E-state index in [-0.39, 0.29) is 18.3 Å². The third kappa shape index (κ3) is 2.32. The molecule has 0 aromatic heterocycles. The van der Waals surface area contributed by atoms with Crippen LogP contribution in [0.25, 0.3) is 0 Å². The molecule has 0 atom stereocenters. The highest BCUT2D eigenvalue weighted by Crippen LogP contribution is 2.15. The molecule has 1 radical (unpaired) electrons. The number of hydrogen-bond donors (Lipinski definition) is 0. The van der Waals surface area contributed by atoms with Crippen LogP contribution in [0.5, 0.6) is 0 Å². The van der Waals surface area contributed by atoms with Gasteiger partial charge in [0.25, 0.3) is 5.91 Å². The minimum absolute atomic E-state index is 0.00818. The Labute approximate surface area is 105 Å². The molecule has 0 saturated carbocycles. The van der Waals surface area contributed by atoms with Gasteiger partial charge in [-0.1, -0.05) is 18.2 Å². The van der Waals surface area contributed by atoms with Crippen LogP contribution >= 0.6 is 0 Å². The number of nitrogens with zero attached hydrogens (tertiary/aromatic N) is 1. The summed E-state index contributed by atoms with van der Waals surface area (Å²) >= 11 is 0. The molecule has 1 aromatic rings. The molecule has 18 heavy (non-hydrogen) atoms. The molecule has 4 heteroatoms. The number of allylic oxidation sites excluding steroid dienone is 3. The minimum Gasteiger partial charge on any atom is -0.480 e. The van der Waals surface area contributed by atoms with Gasteiger partial charge in [0.1, 0.15) is 0 Å². The van der Waals surface area contributed by atoms with Crippen molar-refractivity contribution in [3.8, 4) is 0 Å². The molecular formula is C14H12NO3. The number of benzene rings is 1. The Morgan fingerprint density at radius 1 is 1.39 bits per heavy atom. The van der Waals surface area contributed by atoms with E-state index in [1.165, 1.54) is 17.2 Å². The Morgan fingerprint density at radius 2 is 2.17 bits per heavy atom. The Hall–Kier alpha value is -2.36. The number of amides is 1. The van der Waals surface area contributed by atoms with Crippen LogP contribution in [0, 0.1) is 6.92 Å². The molecule has 0 unspecified atom stereocenters. The molecule has 1 amide bonds. The van der Waals surface area contributed by atoms with Crippen molar-refractivity contribution >= 4 is 12.2 Å². The topological polar surface area (TPSA) is 46.6 Å². The van der Waals surface area contributed by atoms with Gasteiger partial charge in [-0.3, -0.25) is 14.5 Å². The average Bonchev–Trinajstić information content (AvgIpc) is 2.63. The van der Waals surface area contributed by atoms with Crippen molar-refractivity contribution in [2.24, 2.45) is 0 Å². The smallest absolute Gasteiger partial charge is 0.261 e. The summed E-state index contributed by atoms with van der Waals surface area (Å²) in [5.41, 5.74) is 1.33. The Morgan fingerprint density at radius 3 is 2.89 bits per heavy atom. The summed E-state index contributed by atoms with van der Waals surface area (Å²) in [6.45, 7) is 3.81. The predicted octanol–water partition coefficient (Wildman–Crippen LogP) is 1.90. The number of rotatable bonds is 2. The maximum atomic E-state index is 12.3. The largest absolute Gasteiger partial charge is 0.480 e. The van der Waals surface area contributed by atoms with Crippen molar-refractivity contribution in [2.45, 2.75) is 0 Å². The molecule has 2 rings (SSSR count).